The summed E-state index contributed by atoms with van der Waals surface area (Å²) in [6.45, 7) is 17.5. The van der Waals surface area contributed by atoms with Gasteiger partial charge in [-0.05, 0) is 89.8 Å². The van der Waals surface area contributed by atoms with Crippen molar-refractivity contribution in [1.29, 1.82) is 0 Å². The second kappa shape index (κ2) is 18.3. The van der Waals surface area contributed by atoms with Gasteiger partial charge in [0.25, 0.3) is 0 Å². The molecule has 12 aromatic rings. The van der Waals surface area contributed by atoms with Crippen molar-refractivity contribution >= 4 is 55.5 Å². The molecule has 10 aromatic carbocycles. The predicted molar refractivity (Wildman–Crippen MR) is 310 cm³/mol. The molecule has 0 fully saturated rings. The van der Waals surface area contributed by atoms with Crippen molar-refractivity contribution < 1.29 is 0 Å². The molecule has 73 heavy (non-hydrogen) atoms. The zero-order valence-electron chi connectivity index (χ0n) is 41.7. The zero-order chi connectivity index (χ0) is 49.8. The fourth-order valence-corrected chi connectivity index (χ4v) is 11.5. The molecule has 1 aliphatic carbocycles. The van der Waals surface area contributed by atoms with Crippen molar-refractivity contribution in [3.05, 3.63) is 242 Å². The number of hydrogen-bond acceptors (Lipinski definition) is 3. The maximum Gasteiger partial charge on any atom is 0.238 e. The summed E-state index contributed by atoms with van der Waals surface area (Å²) in [4.78, 5) is 16.3. The number of para-hydroxylation sites is 1. The number of hydrogen-bond donors (Lipinski definition) is 0. The second-order valence-corrected chi connectivity index (χ2v) is 18.9. The highest BCUT2D eigenvalue weighted by Gasteiger charge is 2.39. The summed E-state index contributed by atoms with van der Waals surface area (Å²) in [6, 6.07) is 73.9. The number of benzene rings is 10. The average Bonchev–Trinajstić information content (AvgIpc) is 3.96. The van der Waals surface area contributed by atoms with Gasteiger partial charge in [0.1, 0.15) is 0 Å². The van der Waals surface area contributed by atoms with E-state index in [4.69, 9.17) is 15.0 Å². The molecule has 4 nitrogen and oxygen atoms in total. The van der Waals surface area contributed by atoms with Crippen LogP contribution >= 0.6 is 0 Å². The zero-order valence-corrected chi connectivity index (χ0v) is 41.7. The van der Waals surface area contributed by atoms with Gasteiger partial charge in [-0.3, -0.25) is 4.57 Å². The molecule has 0 saturated carbocycles. The van der Waals surface area contributed by atoms with E-state index in [0.29, 0.717) is 17.6 Å². The van der Waals surface area contributed by atoms with E-state index in [1.54, 1.807) is 0 Å². The van der Waals surface area contributed by atoms with E-state index in [1.807, 2.05) is 38.1 Å². The third kappa shape index (κ3) is 7.24. The second-order valence-electron chi connectivity index (χ2n) is 18.9. The Hall–Kier alpha value is -8.99. The Morgan fingerprint density at radius 2 is 0.945 bits per heavy atom. The van der Waals surface area contributed by atoms with Crippen LogP contribution in [0.1, 0.15) is 56.4 Å². The minimum absolute atomic E-state index is 0.122. The van der Waals surface area contributed by atoms with Gasteiger partial charge in [0, 0.05) is 38.3 Å². The Balaban J connectivity index is 0.00000268. The van der Waals surface area contributed by atoms with Crippen LogP contribution in [0.15, 0.2) is 219 Å². The third-order valence-corrected chi connectivity index (χ3v) is 15.2. The van der Waals surface area contributed by atoms with Crippen molar-refractivity contribution in [2.24, 2.45) is 0 Å². The summed E-state index contributed by atoms with van der Waals surface area (Å²) in [7, 11) is 0. The summed E-state index contributed by atoms with van der Waals surface area (Å²) in [5, 5.41) is 6.83. The molecule has 0 aliphatic heterocycles. The van der Waals surface area contributed by atoms with Gasteiger partial charge in [-0.2, -0.15) is 9.97 Å². The number of aromatic nitrogens is 4. The third-order valence-electron chi connectivity index (χ3n) is 15.2. The Morgan fingerprint density at radius 1 is 0.438 bits per heavy atom. The molecule has 0 spiro atoms. The molecule has 1 atom stereocenters. The van der Waals surface area contributed by atoms with Crippen LogP contribution in [0, 0.1) is 0 Å². The predicted octanol–water partition coefficient (Wildman–Crippen LogP) is 18.6. The SMILES string of the molecule is C=Cc1c(C=C)c2c3cccc(-c4ccc5c(c4)-c4c(ccc6ccccc46)C5(C)CC)c3n(-c3nc(-c4ccc(-c5ccccc5)cc4)nc(-c4ccc(-c5ccccc5)cc4)n3)c2c2ccccc12.CC. The van der Waals surface area contributed by atoms with E-state index in [0.717, 1.165) is 94.6 Å². The van der Waals surface area contributed by atoms with Gasteiger partial charge in [-0.25, -0.2) is 4.98 Å². The topological polar surface area (TPSA) is 43.6 Å². The monoisotopic (exact) mass is 938 g/mol. The lowest BCUT2D eigenvalue weighted by Gasteiger charge is -2.26. The number of nitrogens with zero attached hydrogens (tertiary/aromatic N) is 4. The Morgan fingerprint density at radius 3 is 1.55 bits per heavy atom. The molecule has 350 valence electrons. The normalized spacial score (nSPS) is 13.7. The van der Waals surface area contributed by atoms with Gasteiger partial charge in [0.05, 0.1) is 11.0 Å². The quantitative estimate of drug-likeness (QED) is 0.145. The van der Waals surface area contributed by atoms with Crippen molar-refractivity contribution in [3.8, 4) is 73.2 Å². The maximum atomic E-state index is 5.53. The van der Waals surface area contributed by atoms with E-state index in [2.05, 4.69) is 226 Å². The fourth-order valence-electron chi connectivity index (χ4n) is 11.5. The first-order valence-corrected chi connectivity index (χ1v) is 25.5. The Labute approximate surface area is 427 Å². The minimum Gasteiger partial charge on any atom is -0.277 e. The first kappa shape index (κ1) is 45.2. The average molecular weight is 939 g/mol. The number of rotatable bonds is 9. The summed E-state index contributed by atoms with van der Waals surface area (Å²) in [5.41, 5.74) is 17.8. The van der Waals surface area contributed by atoms with Gasteiger partial charge >= 0.3 is 0 Å². The first-order chi connectivity index (χ1) is 35.9. The molecule has 4 heteroatoms. The molecule has 0 N–H and O–H groups in total. The van der Waals surface area contributed by atoms with Crippen LogP contribution in [-0.2, 0) is 5.41 Å². The van der Waals surface area contributed by atoms with Crippen molar-refractivity contribution in [2.45, 2.75) is 39.5 Å². The minimum atomic E-state index is -0.122. The van der Waals surface area contributed by atoms with Crippen LogP contribution in [0.3, 0.4) is 0 Å². The van der Waals surface area contributed by atoms with Crippen LogP contribution < -0.4 is 0 Å². The summed E-state index contributed by atoms with van der Waals surface area (Å²) >= 11 is 0. The van der Waals surface area contributed by atoms with Crippen LogP contribution in [0.4, 0.5) is 0 Å². The molecule has 0 amide bonds. The molecular formula is C69H54N4. The summed E-state index contributed by atoms with van der Waals surface area (Å²) in [6.07, 6.45) is 4.94. The van der Waals surface area contributed by atoms with E-state index in [1.165, 1.54) is 33.0 Å². The first-order valence-electron chi connectivity index (χ1n) is 25.5. The highest BCUT2D eigenvalue weighted by atomic mass is 15.2. The molecule has 2 heterocycles. The van der Waals surface area contributed by atoms with Gasteiger partial charge in [-0.15, -0.1) is 0 Å². The molecule has 2 aromatic heterocycles. The Kier molecular flexibility index (Phi) is 11.3. The molecule has 1 aliphatic rings. The van der Waals surface area contributed by atoms with E-state index >= 15 is 0 Å². The van der Waals surface area contributed by atoms with Crippen molar-refractivity contribution in [3.63, 3.8) is 0 Å². The van der Waals surface area contributed by atoms with Gasteiger partial charge in [-0.1, -0.05) is 253 Å². The standard InChI is InChI=1S/C67H48N4.C2H6/c1-5-50-51(6-2)61-56-28-18-27-53(49-38-39-58-57(41-49)60-52-24-15-14-23-46(52)37-40-59(60)67(58,4)7-3)62(56)71(63(61)55-26-17-16-25-54(50)55)66-69-64(47-33-29-44(30-34-47)42-19-10-8-11-20-42)68-65(70-66)48-35-31-45(32-36-48)43-21-12-9-13-22-43;1-2/h5-6,8-41H,1-2,7H2,3-4H3;1-2H3. The lowest BCUT2D eigenvalue weighted by Crippen LogP contribution is -2.19. The molecule has 1 unspecified atom stereocenters. The lowest BCUT2D eigenvalue weighted by atomic mass is 9.77. The maximum absolute atomic E-state index is 5.53. The molecule has 13 rings (SSSR count). The summed E-state index contributed by atoms with van der Waals surface area (Å²) < 4.78 is 2.31. The largest absolute Gasteiger partial charge is 0.277 e. The highest BCUT2D eigenvalue weighted by molar-refractivity contribution is 6.25. The van der Waals surface area contributed by atoms with Gasteiger partial charge in [0.2, 0.25) is 5.95 Å². The Bertz CT molecular complexity index is 4010. The molecular weight excluding hydrogens is 885 g/mol. The van der Waals surface area contributed by atoms with Crippen molar-refractivity contribution in [1.82, 2.24) is 19.5 Å². The molecule has 0 radical (unpaired) electrons. The smallest absolute Gasteiger partial charge is 0.238 e. The molecule has 0 bridgehead atoms. The van der Waals surface area contributed by atoms with Crippen LogP contribution in [-0.4, -0.2) is 19.5 Å². The van der Waals surface area contributed by atoms with Crippen LogP contribution in [0.25, 0.3) is 129 Å². The lowest BCUT2D eigenvalue weighted by molar-refractivity contribution is 0.565. The molecule has 0 saturated heterocycles. The van der Waals surface area contributed by atoms with Gasteiger partial charge < -0.3 is 0 Å². The van der Waals surface area contributed by atoms with E-state index in [9.17, 15) is 0 Å². The summed E-state index contributed by atoms with van der Waals surface area (Å²) in [5.74, 6) is 1.69. The fraction of sp³-hybridized carbons (Fsp3) is 0.0870. The van der Waals surface area contributed by atoms with E-state index in [-0.39, 0.29) is 5.41 Å². The van der Waals surface area contributed by atoms with Crippen LogP contribution in [0.5, 0.6) is 0 Å². The highest BCUT2D eigenvalue weighted by Crippen LogP contribution is 2.54. The van der Waals surface area contributed by atoms with Crippen molar-refractivity contribution in [2.75, 3.05) is 0 Å². The number of fused-ring (bicyclic) bond motifs is 10. The van der Waals surface area contributed by atoms with Crippen LogP contribution in [0.2, 0.25) is 0 Å². The van der Waals surface area contributed by atoms with Gasteiger partial charge in [0.15, 0.2) is 11.6 Å². The van der Waals surface area contributed by atoms with E-state index < -0.39 is 0 Å².